The third-order valence-corrected chi connectivity index (χ3v) is 7.49. The van der Waals surface area contributed by atoms with Crippen LogP contribution in [0.3, 0.4) is 0 Å². The Bertz CT molecular complexity index is 1410. The molecule has 2 amide bonds. The molecule has 1 aliphatic carbocycles. The van der Waals surface area contributed by atoms with Crippen LogP contribution in [-0.4, -0.2) is 35.1 Å². The normalized spacial score (nSPS) is 15.6. The predicted octanol–water partition coefficient (Wildman–Crippen LogP) is 6.57. The summed E-state index contributed by atoms with van der Waals surface area (Å²) in [6, 6.07) is 19.6. The number of aromatic nitrogens is 2. The molecule has 6 rings (SSSR count). The van der Waals surface area contributed by atoms with Crippen LogP contribution in [0.25, 0.3) is 22.6 Å². The average Bonchev–Trinajstić information content (AvgIpc) is 3.75. The number of nitrogens with one attached hydrogen (secondary N) is 1. The van der Waals surface area contributed by atoms with Gasteiger partial charge in [0.15, 0.2) is 18.0 Å². The summed E-state index contributed by atoms with van der Waals surface area (Å²) < 4.78 is 5.43. The Kier molecular flexibility index (Phi) is 6.69. The van der Waals surface area contributed by atoms with Crippen molar-refractivity contribution < 1.29 is 9.21 Å². The Morgan fingerprint density at radius 3 is 2.55 bits per heavy atom. The van der Waals surface area contributed by atoms with Crippen LogP contribution in [0.15, 0.2) is 77.7 Å². The van der Waals surface area contributed by atoms with Gasteiger partial charge in [-0.15, -0.1) is 0 Å². The minimum atomic E-state index is -0.242. The molecular weight excluding hydrogens is 476 g/mol. The Morgan fingerprint density at radius 2 is 1.76 bits per heavy atom. The summed E-state index contributed by atoms with van der Waals surface area (Å²) in [5.74, 6) is 1.15. The second kappa shape index (κ2) is 10.6. The number of carbonyl (C=O) groups is 1. The lowest BCUT2D eigenvalue weighted by Crippen LogP contribution is -2.43. The van der Waals surface area contributed by atoms with E-state index >= 15 is 0 Å². The van der Waals surface area contributed by atoms with E-state index in [0.717, 1.165) is 55.6 Å². The summed E-state index contributed by atoms with van der Waals surface area (Å²) in [6.07, 6.45) is 9.48. The quantitative estimate of drug-likeness (QED) is 0.306. The molecule has 2 aliphatic rings. The number of hydrogen-bond donors (Lipinski definition) is 2. The number of nitrogen functional groups attached to an aromatic ring is 1. The zero-order chi connectivity index (χ0) is 25.9. The summed E-state index contributed by atoms with van der Waals surface area (Å²) in [6.45, 7) is 2.16. The highest BCUT2D eigenvalue weighted by molar-refractivity contribution is 6.03. The Labute approximate surface area is 222 Å². The van der Waals surface area contributed by atoms with Crippen LogP contribution in [0, 0.1) is 0 Å². The SMILES string of the molecule is Nc1ccc(-c2cccc(N3CCCC3)c2)nc1N(C(=O)Nc1cccc(-c2cnco2)c1)C1CCCC1. The summed E-state index contributed by atoms with van der Waals surface area (Å²) >= 11 is 0. The molecule has 8 nitrogen and oxygen atoms in total. The lowest BCUT2D eigenvalue weighted by atomic mass is 10.1. The van der Waals surface area contributed by atoms with Crippen molar-refractivity contribution in [2.75, 3.05) is 33.9 Å². The standard InChI is InChI=1S/C30H32N6O2/c31-26-13-14-27(21-7-6-12-25(18-21)35-15-3-4-16-35)34-29(26)36(24-10-1-2-11-24)30(37)33-23-9-5-8-22(17-23)28-19-32-20-38-28/h5-9,12-14,17-20,24H,1-4,10-11,15-16,31H2,(H,33,37). The molecule has 2 aromatic heterocycles. The molecular formula is C30H32N6O2. The number of rotatable bonds is 6. The number of amides is 2. The summed E-state index contributed by atoms with van der Waals surface area (Å²) in [7, 11) is 0. The van der Waals surface area contributed by atoms with E-state index in [9.17, 15) is 4.79 Å². The van der Waals surface area contributed by atoms with Gasteiger partial charge in [0.1, 0.15) is 0 Å². The Morgan fingerprint density at radius 1 is 0.974 bits per heavy atom. The number of anilines is 4. The smallest absolute Gasteiger partial charge is 0.327 e. The third-order valence-electron chi connectivity index (χ3n) is 7.49. The summed E-state index contributed by atoms with van der Waals surface area (Å²) in [5.41, 5.74) is 11.5. The van der Waals surface area contributed by atoms with Crippen molar-refractivity contribution in [3.8, 4) is 22.6 Å². The number of nitrogens with two attached hydrogens (primary N) is 1. The largest absolute Gasteiger partial charge is 0.444 e. The van der Waals surface area contributed by atoms with Crippen molar-refractivity contribution in [3.63, 3.8) is 0 Å². The van der Waals surface area contributed by atoms with Crippen molar-refractivity contribution in [3.05, 3.63) is 73.3 Å². The minimum Gasteiger partial charge on any atom is -0.444 e. The van der Waals surface area contributed by atoms with Gasteiger partial charge in [-0.1, -0.05) is 37.1 Å². The highest BCUT2D eigenvalue weighted by atomic mass is 16.3. The van der Waals surface area contributed by atoms with Crippen molar-refractivity contribution in [2.45, 2.75) is 44.6 Å². The summed E-state index contributed by atoms with van der Waals surface area (Å²) in [5, 5.41) is 3.08. The highest BCUT2D eigenvalue weighted by Gasteiger charge is 2.31. The van der Waals surface area contributed by atoms with Crippen LogP contribution in [0.5, 0.6) is 0 Å². The van der Waals surface area contributed by atoms with Crippen LogP contribution in [0.1, 0.15) is 38.5 Å². The number of nitrogens with zero attached hydrogens (tertiary/aromatic N) is 4. The molecule has 3 heterocycles. The van der Waals surface area contributed by atoms with Gasteiger partial charge in [-0.3, -0.25) is 4.90 Å². The fraction of sp³-hybridized carbons (Fsp3) is 0.300. The van der Waals surface area contributed by atoms with E-state index in [4.69, 9.17) is 15.1 Å². The second-order valence-corrected chi connectivity index (χ2v) is 10.0. The van der Waals surface area contributed by atoms with Gasteiger partial charge in [-0.05, 0) is 62.1 Å². The zero-order valence-corrected chi connectivity index (χ0v) is 21.3. The minimum absolute atomic E-state index is 0.0356. The molecule has 1 saturated heterocycles. The first-order valence-electron chi connectivity index (χ1n) is 13.4. The summed E-state index contributed by atoms with van der Waals surface area (Å²) in [4.78, 5) is 26.9. The van der Waals surface area contributed by atoms with Gasteiger partial charge in [0.05, 0.1) is 17.6 Å². The fourth-order valence-electron chi connectivity index (χ4n) is 5.54. The highest BCUT2D eigenvalue weighted by Crippen LogP contribution is 2.34. The van der Waals surface area contributed by atoms with E-state index in [0.29, 0.717) is 23.0 Å². The van der Waals surface area contributed by atoms with Gasteiger partial charge in [0.2, 0.25) is 0 Å². The topological polar surface area (TPSA) is 101 Å². The van der Waals surface area contributed by atoms with Gasteiger partial charge < -0.3 is 20.4 Å². The van der Waals surface area contributed by atoms with E-state index in [1.165, 1.54) is 24.9 Å². The van der Waals surface area contributed by atoms with E-state index in [1.807, 2.05) is 36.4 Å². The van der Waals surface area contributed by atoms with Crippen LogP contribution >= 0.6 is 0 Å². The first-order chi connectivity index (χ1) is 18.7. The maximum atomic E-state index is 13.8. The molecule has 0 unspecified atom stereocenters. The molecule has 0 radical (unpaired) electrons. The van der Waals surface area contributed by atoms with Crippen LogP contribution < -0.4 is 20.9 Å². The van der Waals surface area contributed by atoms with Gasteiger partial charge in [-0.2, -0.15) is 0 Å². The van der Waals surface area contributed by atoms with E-state index in [2.05, 4.69) is 39.5 Å². The Balaban J connectivity index is 1.32. The van der Waals surface area contributed by atoms with Crippen molar-refractivity contribution >= 4 is 28.9 Å². The second-order valence-electron chi connectivity index (χ2n) is 10.0. The number of pyridine rings is 1. The van der Waals surface area contributed by atoms with Crippen LogP contribution in [-0.2, 0) is 0 Å². The van der Waals surface area contributed by atoms with Crippen LogP contribution in [0.4, 0.5) is 27.7 Å². The number of oxazole rings is 1. The first-order valence-corrected chi connectivity index (χ1v) is 13.4. The lowest BCUT2D eigenvalue weighted by molar-refractivity contribution is 0.254. The third kappa shape index (κ3) is 4.94. The molecule has 1 saturated carbocycles. The molecule has 0 atom stereocenters. The monoisotopic (exact) mass is 508 g/mol. The number of hydrogen-bond acceptors (Lipinski definition) is 6. The van der Waals surface area contributed by atoms with Crippen molar-refractivity contribution in [2.24, 2.45) is 0 Å². The molecule has 8 heteroatoms. The molecule has 0 bridgehead atoms. The molecule has 194 valence electrons. The van der Waals surface area contributed by atoms with Crippen molar-refractivity contribution in [1.82, 2.24) is 9.97 Å². The molecule has 0 spiro atoms. The maximum absolute atomic E-state index is 13.8. The van der Waals surface area contributed by atoms with Gasteiger partial charge in [-0.25, -0.2) is 14.8 Å². The Hall–Kier alpha value is -4.33. The first kappa shape index (κ1) is 24.0. The average molecular weight is 509 g/mol. The zero-order valence-electron chi connectivity index (χ0n) is 21.3. The molecule has 3 N–H and O–H groups in total. The van der Waals surface area contributed by atoms with Crippen molar-refractivity contribution in [1.29, 1.82) is 0 Å². The van der Waals surface area contributed by atoms with E-state index in [-0.39, 0.29) is 12.1 Å². The number of urea groups is 1. The maximum Gasteiger partial charge on any atom is 0.327 e. The van der Waals surface area contributed by atoms with Gasteiger partial charge >= 0.3 is 6.03 Å². The van der Waals surface area contributed by atoms with Gasteiger partial charge in [0.25, 0.3) is 0 Å². The predicted molar refractivity (Wildman–Crippen MR) is 151 cm³/mol. The van der Waals surface area contributed by atoms with E-state index in [1.54, 1.807) is 11.1 Å². The molecule has 38 heavy (non-hydrogen) atoms. The number of carbonyl (C=O) groups excluding carboxylic acids is 1. The number of benzene rings is 2. The van der Waals surface area contributed by atoms with Crippen LogP contribution in [0.2, 0.25) is 0 Å². The van der Waals surface area contributed by atoms with E-state index < -0.39 is 0 Å². The molecule has 1 aliphatic heterocycles. The lowest BCUT2D eigenvalue weighted by Gasteiger charge is -2.29. The molecule has 2 fully saturated rings. The molecule has 4 aromatic rings. The molecule has 2 aromatic carbocycles. The van der Waals surface area contributed by atoms with Gasteiger partial charge in [0, 0.05) is 41.6 Å². The fourth-order valence-corrected chi connectivity index (χ4v) is 5.54.